The zero-order chi connectivity index (χ0) is 13.7. The van der Waals surface area contributed by atoms with E-state index in [0.717, 1.165) is 5.56 Å². The first kappa shape index (κ1) is 17.7. The molecule has 0 aliphatic heterocycles. The lowest BCUT2D eigenvalue weighted by Crippen LogP contribution is -2.43. The Hall–Kier alpha value is -1.30. The van der Waals surface area contributed by atoms with Crippen molar-refractivity contribution < 1.29 is 9.59 Å². The molecule has 0 spiro atoms. The molecule has 1 rings (SSSR count). The van der Waals surface area contributed by atoms with Gasteiger partial charge in [-0.05, 0) is 24.6 Å². The first-order chi connectivity index (χ1) is 8.40. The summed E-state index contributed by atoms with van der Waals surface area (Å²) in [6.07, 6.45) is -0.167. The van der Waals surface area contributed by atoms with Gasteiger partial charge in [0, 0.05) is 5.02 Å². The molecular weight excluding hydrogens is 289 g/mol. The lowest BCUT2D eigenvalue weighted by atomic mass is 10.1. The van der Waals surface area contributed by atoms with Crippen LogP contribution in [0, 0.1) is 0 Å². The molecule has 2 amide bonds. The van der Waals surface area contributed by atoms with Crippen molar-refractivity contribution in [2.75, 3.05) is 0 Å². The molecule has 2 atom stereocenters. The van der Waals surface area contributed by atoms with Gasteiger partial charge in [-0.15, -0.1) is 12.4 Å². The van der Waals surface area contributed by atoms with Gasteiger partial charge in [-0.25, -0.2) is 0 Å². The lowest BCUT2D eigenvalue weighted by Gasteiger charge is -2.17. The van der Waals surface area contributed by atoms with Crippen molar-refractivity contribution in [3.8, 4) is 0 Å². The molecule has 5 N–H and O–H groups in total. The normalized spacial score (nSPS) is 13.0. The Kier molecular flexibility index (Phi) is 7.44. The zero-order valence-electron chi connectivity index (χ0n) is 10.4. The molecule has 5 nitrogen and oxygen atoms in total. The number of nitrogens with one attached hydrogen (secondary N) is 1. The number of halogens is 2. The SMILES string of the molecule is CC(NC(=O)C(N)CC(N)=O)c1ccc(Cl)cc1.Cl. The quantitative estimate of drug-likeness (QED) is 0.761. The number of primary amides is 1. The number of hydrogen-bond acceptors (Lipinski definition) is 3. The third kappa shape index (κ3) is 5.92. The Morgan fingerprint density at radius 3 is 2.32 bits per heavy atom. The minimum absolute atomic E-state index is 0. The number of carbonyl (C=O) groups excluding carboxylic acids is 2. The Balaban J connectivity index is 0.00000324. The van der Waals surface area contributed by atoms with Gasteiger partial charge in [0.25, 0.3) is 0 Å². The summed E-state index contributed by atoms with van der Waals surface area (Å²) in [5.74, 6) is -1.01. The van der Waals surface area contributed by atoms with E-state index < -0.39 is 17.9 Å². The number of amides is 2. The van der Waals surface area contributed by atoms with E-state index in [0.29, 0.717) is 5.02 Å². The monoisotopic (exact) mass is 305 g/mol. The van der Waals surface area contributed by atoms with Crippen molar-refractivity contribution in [3.05, 3.63) is 34.9 Å². The molecule has 1 aromatic carbocycles. The highest BCUT2D eigenvalue weighted by Gasteiger charge is 2.18. The van der Waals surface area contributed by atoms with Crippen LogP contribution in [0.1, 0.15) is 24.9 Å². The molecule has 19 heavy (non-hydrogen) atoms. The van der Waals surface area contributed by atoms with Crippen LogP contribution in [-0.4, -0.2) is 17.9 Å². The number of rotatable bonds is 5. The highest BCUT2D eigenvalue weighted by molar-refractivity contribution is 6.30. The number of hydrogen-bond donors (Lipinski definition) is 3. The van der Waals surface area contributed by atoms with Gasteiger partial charge in [0.1, 0.15) is 0 Å². The fourth-order valence-corrected chi connectivity index (χ4v) is 1.59. The van der Waals surface area contributed by atoms with Gasteiger partial charge in [0.05, 0.1) is 18.5 Å². The van der Waals surface area contributed by atoms with Gasteiger partial charge in [-0.1, -0.05) is 23.7 Å². The Morgan fingerprint density at radius 1 is 1.32 bits per heavy atom. The molecule has 0 radical (unpaired) electrons. The maximum Gasteiger partial charge on any atom is 0.237 e. The molecule has 0 saturated heterocycles. The predicted molar refractivity (Wildman–Crippen MR) is 77.0 cm³/mol. The van der Waals surface area contributed by atoms with E-state index in [2.05, 4.69) is 5.32 Å². The van der Waals surface area contributed by atoms with Gasteiger partial charge in [0.15, 0.2) is 0 Å². The van der Waals surface area contributed by atoms with Crippen LogP contribution < -0.4 is 16.8 Å². The summed E-state index contributed by atoms with van der Waals surface area (Å²) >= 11 is 5.77. The first-order valence-corrected chi connectivity index (χ1v) is 5.87. The van der Waals surface area contributed by atoms with Crippen molar-refractivity contribution in [1.29, 1.82) is 0 Å². The highest BCUT2D eigenvalue weighted by Crippen LogP contribution is 2.16. The average molecular weight is 306 g/mol. The van der Waals surface area contributed by atoms with Crippen LogP contribution in [0.15, 0.2) is 24.3 Å². The van der Waals surface area contributed by atoms with Crippen molar-refractivity contribution in [2.24, 2.45) is 11.5 Å². The van der Waals surface area contributed by atoms with Crippen LogP contribution in [0.2, 0.25) is 5.02 Å². The van der Waals surface area contributed by atoms with Crippen molar-refractivity contribution in [2.45, 2.75) is 25.4 Å². The van der Waals surface area contributed by atoms with Gasteiger partial charge in [-0.3, -0.25) is 9.59 Å². The molecule has 0 bridgehead atoms. The number of benzene rings is 1. The summed E-state index contributed by atoms with van der Waals surface area (Å²) in [6, 6.07) is 5.97. The van der Waals surface area contributed by atoms with Crippen LogP contribution in [0.4, 0.5) is 0 Å². The second-order valence-corrected chi connectivity index (χ2v) is 4.50. The lowest BCUT2D eigenvalue weighted by molar-refractivity contribution is -0.126. The largest absolute Gasteiger partial charge is 0.370 e. The van der Waals surface area contributed by atoms with Crippen LogP contribution in [0.5, 0.6) is 0 Å². The molecule has 1 aromatic rings. The van der Waals surface area contributed by atoms with E-state index in [1.54, 1.807) is 12.1 Å². The second kappa shape index (κ2) is 7.99. The van der Waals surface area contributed by atoms with Crippen LogP contribution in [0.25, 0.3) is 0 Å². The van der Waals surface area contributed by atoms with Gasteiger partial charge in [0.2, 0.25) is 11.8 Å². The fourth-order valence-electron chi connectivity index (χ4n) is 1.46. The maximum absolute atomic E-state index is 11.7. The summed E-state index contributed by atoms with van der Waals surface area (Å²) in [4.78, 5) is 22.3. The maximum atomic E-state index is 11.7. The summed E-state index contributed by atoms with van der Waals surface area (Å²) in [5, 5.41) is 3.33. The van der Waals surface area contributed by atoms with E-state index >= 15 is 0 Å². The molecule has 0 heterocycles. The average Bonchev–Trinajstić information content (AvgIpc) is 2.28. The van der Waals surface area contributed by atoms with Gasteiger partial charge < -0.3 is 16.8 Å². The highest BCUT2D eigenvalue weighted by atomic mass is 35.5. The Labute approximate surface area is 123 Å². The minimum atomic E-state index is -0.919. The summed E-state index contributed by atoms with van der Waals surface area (Å²) in [6.45, 7) is 1.82. The van der Waals surface area contributed by atoms with Crippen molar-refractivity contribution >= 4 is 35.8 Å². The molecule has 0 aliphatic carbocycles. The third-order valence-electron chi connectivity index (χ3n) is 2.49. The number of nitrogens with two attached hydrogens (primary N) is 2. The van der Waals surface area contributed by atoms with Crippen LogP contribution in [-0.2, 0) is 9.59 Å². The second-order valence-electron chi connectivity index (χ2n) is 4.06. The molecule has 0 saturated carbocycles. The summed E-state index contributed by atoms with van der Waals surface area (Å²) in [7, 11) is 0. The van der Waals surface area contributed by atoms with E-state index in [9.17, 15) is 9.59 Å². The zero-order valence-corrected chi connectivity index (χ0v) is 12.0. The van der Waals surface area contributed by atoms with E-state index in [-0.39, 0.29) is 24.9 Å². The van der Waals surface area contributed by atoms with E-state index in [1.165, 1.54) is 0 Å². The molecule has 7 heteroatoms. The van der Waals surface area contributed by atoms with Crippen LogP contribution >= 0.6 is 24.0 Å². The predicted octanol–water partition coefficient (Wildman–Crippen LogP) is 1.14. The smallest absolute Gasteiger partial charge is 0.237 e. The molecular formula is C12H17Cl2N3O2. The van der Waals surface area contributed by atoms with E-state index in [1.807, 2.05) is 19.1 Å². The van der Waals surface area contributed by atoms with E-state index in [4.69, 9.17) is 23.1 Å². The Bertz CT molecular complexity index is 437. The fraction of sp³-hybridized carbons (Fsp3) is 0.333. The minimum Gasteiger partial charge on any atom is -0.370 e. The molecule has 0 aliphatic rings. The molecule has 0 aromatic heterocycles. The van der Waals surface area contributed by atoms with Crippen molar-refractivity contribution in [3.63, 3.8) is 0 Å². The van der Waals surface area contributed by atoms with Crippen molar-refractivity contribution in [1.82, 2.24) is 5.32 Å². The Morgan fingerprint density at radius 2 is 1.84 bits per heavy atom. The summed E-state index contributed by atoms with van der Waals surface area (Å²) in [5.41, 5.74) is 11.4. The topological polar surface area (TPSA) is 98.2 Å². The first-order valence-electron chi connectivity index (χ1n) is 5.50. The molecule has 2 unspecified atom stereocenters. The summed E-state index contributed by atoms with van der Waals surface area (Å²) < 4.78 is 0. The van der Waals surface area contributed by atoms with Gasteiger partial charge in [-0.2, -0.15) is 0 Å². The third-order valence-corrected chi connectivity index (χ3v) is 2.74. The van der Waals surface area contributed by atoms with Crippen LogP contribution in [0.3, 0.4) is 0 Å². The molecule has 0 fully saturated rings. The molecule has 106 valence electrons. The number of carbonyl (C=O) groups is 2. The van der Waals surface area contributed by atoms with Gasteiger partial charge >= 0.3 is 0 Å². The standard InChI is InChI=1S/C12H16ClN3O2.ClH/c1-7(8-2-4-9(13)5-3-8)16-12(18)10(14)6-11(15)17;/h2-5,7,10H,6,14H2,1H3,(H2,15,17)(H,16,18);1H.